The molecule has 0 aliphatic rings. The lowest BCUT2D eigenvalue weighted by molar-refractivity contribution is -0.114. The van der Waals surface area contributed by atoms with Gasteiger partial charge in [0.25, 0.3) is 5.91 Å². The van der Waals surface area contributed by atoms with Gasteiger partial charge in [-0.2, -0.15) is 0 Å². The van der Waals surface area contributed by atoms with Gasteiger partial charge in [0, 0.05) is 16.8 Å². The van der Waals surface area contributed by atoms with Gasteiger partial charge in [-0.3, -0.25) is 4.79 Å². The first-order chi connectivity index (χ1) is 10.3. The van der Waals surface area contributed by atoms with Crippen molar-refractivity contribution >= 4 is 17.3 Å². The molecule has 1 amide bonds. The van der Waals surface area contributed by atoms with Crippen LogP contribution in [0.5, 0.6) is 0 Å². The number of carbonyl (C=O) groups is 1. The van der Waals surface area contributed by atoms with Crippen molar-refractivity contribution in [1.29, 1.82) is 0 Å². The molecule has 0 spiro atoms. The van der Waals surface area contributed by atoms with Gasteiger partial charge < -0.3 is 22.9 Å². The van der Waals surface area contributed by atoms with Crippen LogP contribution in [0.15, 0.2) is 42.1 Å². The summed E-state index contributed by atoms with van der Waals surface area (Å²) in [7, 11) is 0. The molecule has 114 valence electrons. The van der Waals surface area contributed by atoms with E-state index in [2.05, 4.69) is 0 Å². The molecule has 2 rings (SSSR count). The Bertz CT molecular complexity index is 778. The highest BCUT2D eigenvalue weighted by atomic mass is 16.1. The normalized spacial score (nSPS) is 11.9. The van der Waals surface area contributed by atoms with Crippen LogP contribution in [-0.4, -0.2) is 5.91 Å². The van der Waals surface area contributed by atoms with Crippen LogP contribution in [0.3, 0.4) is 0 Å². The molecule has 0 bridgehead atoms. The maximum absolute atomic E-state index is 11.2. The van der Waals surface area contributed by atoms with E-state index in [0.717, 1.165) is 16.7 Å². The molecule has 5 heteroatoms. The number of amides is 1. The number of aryl methyl sites for hydroxylation is 1. The molecule has 0 aliphatic carbocycles. The minimum atomic E-state index is -0.769. The number of primary amides is 1. The lowest BCUT2D eigenvalue weighted by Gasteiger charge is -2.15. The molecule has 0 saturated carbocycles. The fourth-order valence-corrected chi connectivity index (χ4v) is 2.36. The Kier molecular flexibility index (Phi) is 4.08. The van der Waals surface area contributed by atoms with Crippen molar-refractivity contribution in [3.05, 3.63) is 58.8 Å². The van der Waals surface area contributed by atoms with Crippen LogP contribution in [0.2, 0.25) is 0 Å². The van der Waals surface area contributed by atoms with Crippen molar-refractivity contribution in [2.45, 2.75) is 13.8 Å². The predicted octanol–water partition coefficient (Wildman–Crippen LogP) is 1.62. The fraction of sp³-hybridized carbons (Fsp3) is 0.118. The summed E-state index contributed by atoms with van der Waals surface area (Å²) in [4.78, 5) is 11.2. The van der Waals surface area contributed by atoms with E-state index in [4.69, 9.17) is 22.9 Å². The SMILES string of the molecule is Cc1cccc(-c2cccc(/C(N)=C(\N)C(N)=O)c2N)c1C. The third-order valence-corrected chi connectivity index (χ3v) is 3.85. The molecule has 0 fully saturated rings. The Labute approximate surface area is 129 Å². The van der Waals surface area contributed by atoms with Gasteiger partial charge in [0.15, 0.2) is 0 Å². The van der Waals surface area contributed by atoms with Gasteiger partial charge in [0.1, 0.15) is 5.70 Å². The molecule has 0 unspecified atom stereocenters. The minimum absolute atomic E-state index is 0.0946. The first kappa shape index (κ1) is 15.4. The van der Waals surface area contributed by atoms with Crippen LogP contribution in [0, 0.1) is 13.8 Å². The van der Waals surface area contributed by atoms with E-state index in [-0.39, 0.29) is 11.4 Å². The number of nitrogen functional groups attached to an aromatic ring is 1. The molecule has 8 N–H and O–H groups in total. The molecule has 0 atom stereocenters. The van der Waals surface area contributed by atoms with Crippen molar-refractivity contribution in [3.63, 3.8) is 0 Å². The predicted molar refractivity (Wildman–Crippen MR) is 90.3 cm³/mol. The average Bonchev–Trinajstić information content (AvgIpc) is 2.49. The van der Waals surface area contributed by atoms with Gasteiger partial charge >= 0.3 is 0 Å². The number of para-hydroxylation sites is 1. The van der Waals surface area contributed by atoms with Gasteiger partial charge in [0.2, 0.25) is 0 Å². The van der Waals surface area contributed by atoms with Gasteiger partial charge in [-0.05, 0) is 30.5 Å². The summed E-state index contributed by atoms with van der Waals surface area (Å²) in [5, 5.41) is 0. The molecule has 5 nitrogen and oxygen atoms in total. The zero-order valence-electron chi connectivity index (χ0n) is 12.7. The average molecular weight is 296 g/mol. The minimum Gasteiger partial charge on any atom is -0.398 e. The Balaban J connectivity index is 2.68. The molecule has 0 heterocycles. The topological polar surface area (TPSA) is 121 Å². The van der Waals surface area contributed by atoms with E-state index in [1.54, 1.807) is 6.07 Å². The largest absolute Gasteiger partial charge is 0.398 e. The number of rotatable bonds is 3. The van der Waals surface area contributed by atoms with Crippen LogP contribution in [-0.2, 0) is 4.79 Å². The summed E-state index contributed by atoms with van der Waals surface area (Å²) in [5.74, 6) is -0.769. The summed E-state index contributed by atoms with van der Waals surface area (Å²) >= 11 is 0. The second-order valence-electron chi connectivity index (χ2n) is 5.21. The van der Waals surface area contributed by atoms with Crippen LogP contribution >= 0.6 is 0 Å². The molecular formula is C17H20N4O. The molecule has 2 aromatic carbocycles. The fourth-order valence-electron chi connectivity index (χ4n) is 2.36. The Morgan fingerprint density at radius 1 is 0.909 bits per heavy atom. The lowest BCUT2D eigenvalue weighted by atomic mass is 9.93. The second kappa shape index (κ2) is 5.81. The van der Waals surface area contributed by atoms with Crippen molar-refractivity contribution < 1.29 is 4.79 Å². The maximum Gasteiger partial charge on any atom is 0.266 e. The number of hydrogen-bond acceptors (Lipinski definition) is 4. The first-order valence-electron chi connectivity index (χ1n) is 6.85. The number of nitrogens with two attached hydrogens (primary N) is 4. The first-order valence-corrected chi connectivity index (χ1v) is 6.85. The van der Waals surface area contributed by atoms with E-state index in [9.17, 15) is 4.79 Å². The molecule has 0 saturated heterocycles. The highest BCUT2D eigenvalue weighted by Crippen LogP contribution is 2.34. The summed E-state index contributed by atoms with van der Waals surface area (Å²) in [6.45, 7) is 4.08. The molecular weight excluding hydrogens is 276 g/mol. The summed E-state index contributed by atoms with van der Waals surface area (Å²) in [6.07, 6.45) is 0. The van der Waals surface area contributed by atoms with E-state index in [1.165, 1.54) is 5.56 Å². The molecule has 0 aliphatic heterocycles. The third kappa shape index (κ3) is 2.61. The van der Waals surface area contributed by atoms with Crippen LogP contribution in [0.25, 0.3) is 16.8 Å². The summed E-state index contributed by atoms with van der Waals surface area (Å²) < 4.78 is 0. The quantitative estimate of drug-likeness (QED) is 0.508. The Morgan fingerprint density at radius 3 is 2.14 bits per heavy atom. The lowest BCUT2D eigenvalue weighted by Crippen LogP contribution is -2.24. The Morgan fingerprint density at radius 2 is 1.50 bits per heavy atom. The number of carbonyl (C=O) groups excluding carboxylic acids is 1. The van der Waals surface area contributed by atoms with Crippen LogP contribution < -0.4 is 22.9 Å². The van der Waals surface area contributed by atoms with Crippen LogP contribution in [0.4, 0.5) is 5.69 Å². The molecule has 2 aromatic rings. The van der Waals surface area contributed by atoms with Crippen LogP contribution in [0.1, 0.15) is 16.7 Å². The number of anilines is 1. The van der Waals surface area contributed by atoms with Crippen molar-refractivity contribution in [2.75, 3.05) is 5.73 Å². The highest BCUT2D eigenvalue weighted by molar-refractivity contribution is 6.00. The van der Waals surface area contributed by atoms with E-state index < -0.39 is 5.91 Å². The highest BCUT2D eigenvalue weighted by Gasteiger charge is 2.14. The number of hydrogen-bond donors (Lipinski definition) is 4. The molecule has 0 radical (unpaired) electrons. The van der Waals surface area contributed by atoms with E-state index in [1.807, 2.05) is 44.2 Å². The smallest absolute Gasteiger partial charge is 0.266 e. The maximum atomic E-state index is 11.2. The van der Waals surface area contributed by atoms with Gasteiger partial charge in [-0.1, -0.05) is 36.4 Å². The van der Waals surface area contributed by atoms with Gasteiger partial charge in [-0.15, -0.1) is 0 Å². The third-order valence-electron chi connectivity index (χ3n) is 3.85. The molecule has 22 heavy (non-hydrogen) atoms. The van der Waals surface area contributed by atoms with E-state index in [0.29, 0.717) is 11.3 Å². The van der Waals surface area contributed by atoms with E-state index >= 15 is 0 Å². The summed E-state index contributed by atoms with van der Waals surface area (Å²) in [6, 6.07) is 11.5. The molecule has 0 aromatic heterocycles. The zero-order chi connectivity index (χ0) is 16.4. The second-order valence-corrected chi connectivity index (χ2v) is 5.21. The summed E-state index contributed by atoms with van der Waals surface area (Å²) in [5.41, 5.74) is 28.0. The van der Waals surface area contributed by atoms with Gasteiger partial charge in [0.05, 0.1) is 5.70 Å². The van der Waals surface area contributed by atoms with Crippen molar-refractivity contribution in [1.82, 2.24) is 0 Å². The van der Waals surface area contributed by atoms with Crippen molar-refractivity contribution in [3.8, 4) is 11.1 Å². The Hall–Kier alpha value is -2.95. The number of benzene rings is 2. The van der Waals surface area contributed by atoms with Crippen molar-refractivity contribution in [2.24, 2.45) is 17.2 Å². The standard InChI is InChI=1S/C17H20N4O/c1-9-5-3-6-11(10(9)2)12-7-4-8-13(14(12)18)15(19)16(20)17(21)22/h3-8H,18-20H2,1-2H3,(H2,21,22)/b16-15+. The zero-order valence-corrected chi connectivity index (χ0v) is 12.7. The monoisotopic (exact) mass is 296 g/mol. The van der Waals surface area contributed by atoms with Gasteiger partial charge in [-0.25, -0.2) is 0 Å².